The summed E-state index contributed by atoms with van der Waals surface area (Å²) in [7, 11) is 0. The minimum atomic E-state index is -0.991. The van der Waals surface area contributed by atoms with Crippen molar-refractivity contribution in [3.8, 4) is 5.75 Å². The van der Waals surface area contributed by atoms with E-state index >= 15 is 0 Å². The predicted octanol–water partition coefficient (Wildman–Crippen LogP) is 1.24. The molecule has 1 aliphatic rings. The summed E-state index contributed by atoms with van der Waals surface area (Å²) in [6.45, 7) is 3.62. The number of nitrogens with two attached hydrogens (primary N) is 1. The number of aromatic nitrogens is 2. The molecular weight excluding hydrogens is 329 g/mol. The fourth-order valence-corrected chi connectivity index (χ4v) is 2.95. The van der Waals surface area contributed by atoms with Crippen LogP contribution in [0, 0.1) is 5.82 Å². The zero-order valence-corrected chi connectivity index (χ0v) is 13.8. The zero-order chi connectivity index (χ0) is 18.4. The molecule has 1 aliphatic heterocycles. The van der Waals surface area contributed by atoms with Crippen molar-refractivity contribution in [3.63, 3.8) is 0 Å². The van der Waals surface area contributed by atoms with Crippen LogP contribution in [0.3, 0.4) is 0 Å². The molecule has 0 saturated heterocycles. The highest BCUT2D eigenvalue weighted by Gasteiger charge is 2.38. The maximum absolute atomic E-state index is 13.1. The van der Waals surface area contributed by atoms with Gasteiger partial charge in [-0.1, -0.05) is 12.1 Å². The minimum absolute atomic E-state index is 0.203. The number of carbonyl (C=O) groups excluding carboxylic acids is 1. The number of hydrogen-bond donors (Lipinski definition) is 2. The van der Waals surface area contributed by atoms with Crippen LogP contribution in [0.5, 0.6) is 5.75 Å². The normalized spacial score (nSPS) is 18.6. The van der Waals surface area contributed by atoms with Gasteiger partial charge in [0.05, 0.1) is 12.6 Å². The second-order valence-corrected chi connectivity index (χ2v) is 6.48. The first-order valence-electron chi connectivity index (χ1n) is 7.75. The zero-order valence-electron chi connectivity index (χ0n) is 13.8. The number of hydrogen-bond acceptors (Lipinski definition) is 5. The number of primary amides is 1. The molecule has 1 unspecified atom stereocenters. The van der Waals surface area contributed by atoms with Gasteiger partial charge in [0.15, 0.2) is 5.69 Å². The molecule has 3 rings (SSSR count). The number of nitrogens with zero attached hydrogens (tertiary/aromatic N) is 2. The second-order valence-electron chi connectivity index (χ2n) is 6.48. The summed E-state index contributed by atoms with van der Waals surface area (Å²) in [5.41, 5.74) is 3.83. The van der Waals surface area contributed by atoms with E-state index in [1.54, 1.807) is 26.0 Å². The lowest BCUT2D eigenvalue weighted by Crippen LogP contribution is -2.45. The number of carbonyl (C=O) groups is 1. The van der Waals surface area contributed by atoms with Gasteiger partial charge in [-0.25, -0.2) is 9.37 Å². The summed E-state index contributed by atoms with van der Waals surface area (Å²) in [4.78, 5) is 28.2. The molecule has 2 aromatic rings. The van der Waals surface area contributed by atoms with E-state index in [0.717, 1.165) is 5.56 Å². The van der Waals surface area contributed by atoms with Crippen molar-refractivity contribution in [1.82, 2.24) is 9.55 Å². The fourth-order valence-electron chi connectivity index (χ4n) is 2.95. The first kappa shape index (κ1) is 17.1. The highest BCUT2D eigenvalue weighted by molar-refractivity contribution is 5.93. The van der Waals surface area contributed by atoms with E-state index in [1.165, 1.54) is 16.7 Å². The molecule has 8 heteroatoms. The van der Waals surface area contributed by atoms with Gasteiger partial charge in [0.1, 0.15) is 17.2 Å². The number of halogens is 1. The Kier molecular flexibility index (Phi) is 4.08. The topological polar surface area (TPSA) is 107 Å². The van der Waals surface area contributed by atoms with Crippen LogP contribution in [0.2, 0.25) is 0 Å². The quantitative estimate of drug-likeness (QED) is 0.868. The average Bonchev–Trinajstić information content (AvgIpc) is 2.54. The molecule has 0 bridgehead atoms. The van der Waals surface area contributed by atoms with Gasteiger partial charge in [-0.3, -0.25) is 14.2 Å². The summed E-state index contributed by atoms with van der Waals surface area (Å²) < 4.78 is 20.2. The Morgan fingerprint density at radius 3 is 2.68 bits per heavy atom. The van der Waals surface area contributed by atoms with Crippen molar-refractivity contribution in [2.75, 3.05) is 6.61 Å². The van der Waals surface area contributed by atoms with E-state index in [1.807, 2.05) is 0 Å². The first-order chi connectivity index (χ1) is 11.7. The van der Waals surface area contributed by atoms with E-state index in [-0.39, 0.29) is 18.2 Å². The Bertz CT molecular complexity index is 890. The highest BCUT2D eigenvalue weighted by atomic mass is 19.1. The Morgan fingerprint density at radius 2 is 2.08 bits per heavy atom. The average molecular weight is 347 g/mol. The lowest BCUT2D eigenvalue weighted by molar-refractivity contribution is -0.0725. The number of benzene rings is 1. The second kappa shape index (κ2) is 5.96. The molecule has 25 heavy (non-hydrogen) atoms. The predicted molar refractivity (Wildman–Crippen MR) is 86.8 cm³/mol. The van der Waals surface area contributed by atoms with E-state index in [4.69, 9.17) is 10.5 Å². The third-order valence-corrected chi connectivity index (χ3v) is 4.25. The third-order valence-electron chi connectivity index (χ3n) is 4.25. The smallest absolute Gasteiger partial charge is 0.296 e. The van der Waals surface area contributed by atoms with Gasteiger partial charge in [0.25, 0.3) is 11.5 Å². The van der Waals surface area contributed by atoms with E-state index in [2.05, 4.69) is 4.98 Å². The molecule has 0 spiro atoms. The SMILES string of the molecule is CC1(C)OCC(Cc2ccc(F)cc2)n2c1nc(C(N)=O)c(O)c2=O. The van der Waals surface area contributed by atoms with Crippen LogP contribution in [0.15, 0.2) is 29.1 Å². The van der Waals surface area contributed by atoms with E-state index < -0.39 is 34.6 Å². The van der Waals surface area contributed by atoms with Gasteiger partial charge in [-0.05, 0) is 38.0 Å². The number of amides is 1. The fraction of sp³-hybridized carbons (Fsp3) is 0.353. The number of ether oxygens (including phenoxy) is 1. The van der Waals surface area contributed by atoms with Gasteiger partial charge in [-0.15, -0.1) is 0 Å². The Morgan fingerprint density at radius 1 is 1.44 bits per heavy atom. The van der Waals surface area contributed by atoms with Crippen LogP contribution in [0.4, 0.5) is 4.39 Å². The monoisotopic (exact) mass is 347 g/mol. The van der Waals surface area contributed by atoms with Crippen LogP contribution in [-0.4, -0.2) is 27.2 Å². The van der Waals surface area contributed by atoms with Gasteiger partial charge in [-0.2, -0.15) is 0 Å². The largest absolute Gasteiger partial charge is 0.501 e. The summed E-state index contributed by atoms with van der Waals surface area (Å²) >= 11 is 0. The van der Waals surface area contributed by atoms with Crippen LogP contribution in [-0.2, 0) is 16.8 Å². The summed E-state index contributed by atoms with van der Waals surface area (Å²) in [6, 6.07) is 5.44. The Hall–Kier alpha value is -2.74. The molecule has 132 valence electrons. The number of rotatable bonds is 3. The summed E-state index contributed by atoms with van der Waals surface area (Å²) in [6.07, 6.45) is 0.375. The number of aromatic hydroxyl groups is 1. The Labute approximate surface area is 142 Å². The maximum Gasteiger partial charge on any atom is 0.296 e. The lowest BCUT2D eigenvalue weighted by Gasteiger charge is -2.37. The van der Waals surface area contributed by atoms with Crippen molar-refractivity contribution in [1.29, 1.82) is 0 Å². The molecule has 0 fully saturated rings. The molecular formula is C17H18FN3O4. The van der Waals surface area contributed by atoms with Crippen molar-refractivity contribution >= 4 is 5.91 Å². The molecule has 0 saturated carbocycles. The van der Waals surface area contributed by atoms with Gasteiger partial charge < -0.3 is 15.6 Å². The van der Waals surface area contributed by atoms with Crippen molar-refractivity contribution in [3.05, 3.63) is 57.5 Å². The number of fused-ring (bicyclic) bond motifs is 1. The molecule has 1 aromatic heterocycles. The van der Waals surface area contributed by atoms with Crippen LogP contribution < -0.4 is 11.3 Å². The van der Waals surface area contributed by atoms with Crippen molar-refractivity contribution in [2.24, 2.45) is 5.73 Å². The summed E-state index contributed by atoms with van der Waals surface area (Å²) in [5, 5.41) is 10.0. The van der Waals surface area contributed by atoms with Crippen LogP contribution in [0.1, 0.15) is 41.8 Å². The molecule has 0 aliphatic carbocycles. The van der Waals surface area contributed by atoms with Crippen LogP contribution >= 0.6 is 0 Å². The summed E-state index contributed by atoms with van der Waals surface area (Å²) in [5.74, 6) is -1.91. The lowest BCUT2D eigenvalue weighted by atomic mass is 10.00. The first-order valence-corrected chi connectivity index (χ1v) is 7.75. The van der Waals surface area contributed by atoms with E-state index in [0.29, 0.717) is 6.42 Å². The van der Waals surface area contributed by atoms with E-state index in [9.17, 15) is 19.1 Å². The standard InChI is InChI=1S/C17H18FN3O4/c1-17(2)16-20-12(14(19)23)13(22)15(24)21(16)11(8-25-17)7-9-3-5-10(18)6-4-9/h3-6,11,22H,7-8H2,1-2H3,(H2,19,23). The molecule has 2 heterocycles. The van der Waals surface area contributed by atoms with Gasteiger partial charge >= 0.3 is 0 Å². The highest BCUT2D eigenvalue weighted by Crippen LogP contribution is 2.33. The molecule has 7 nitrogen and oxygen atoms in total. The molecule has 1 aromatic carbocycles. The van der Waals surface area contributed by atoms with Gasteiger partial charge in [0, 0.05) is 0 Å². The molecule has 1 amide bonds. The van der Waals surface area contributed by atoms with Crippen molar-refractivity contribution < 1.29 is 19.0 Å². The molecule has 1 atom stereocenters. The maximum atomic E-state index is 13.1. The minimum Gasteiger partial charge on any atom is -0.501 e. The van der Waals surface area contributed by atoms with Crippen LogP contribution in [0.25, 0.3) is 0 Å². The van der Waals surface area contributed by atoms with Gasteiger partial charge in [0.2, 0.25) is 5.75 Å². The third kappa shape index (κ3) is 3.00. The molecule has 0 radical (unpaired) electrons. The Balaban J connectivity index is 2.12. The van der Waals surface area contributed by atoms with Crippen molar-refractivity contribution in [2.45, 2.75) is 31.9 Å². The molecule has 3 N–H and O–H groups in total.